The highest BCUT2D eigenvalue weighted by atomic mass is 19.2. The van der Waals surface area contributed by atoms with Crippen molar-refractivity contribution < 1.29 is 67.3 Å². The van der Waals surface area contributed by atoms with Crippen LogP contribution in [0.15, 0.2) is 23.4 Å². The second kappa shape index (κ2) is 21.4. The quantitative estimate of drug-likeness (QED) is 0.209. The summed E-state index contributed by atoms with van der Waals surface area (Å²) < 4.78 is 66.6. The van der Waals surface area contributed by atoms with Crippen molar-refractivity contribution in [2.24, 2.45) is 34.7 Å². The molecule has 14 nitrogen and oxygen atoms in total. The molecule has 4 rings (SSSR count). The molecule has 1 aromatic carbocycles. The molecule has 1 saturated carbocycles. The van der Waals surface area contributed by atoms with E-state index >= 15 is 0 Å². The Labute approximate surface area is 367 Å². The maximum absolute atomic E-state index is 14.7. The Morgan fingerprint density at radius 3 is 2.11 bits per heavy atom. The summed E-state index contributed by atoms with van der Waals surface area (Å²) in [5.41, 5.74) is -3.43. The van der Waals surface area contributed by atoms with E-state index in [0.717, 1.165) is 12.1 Å². The maximum atomic E-state index is 14.7. The topological polar surface area (TPSA) is 178 Å². The van der Waals surface area contributed by atoms with Crippen molar-refractivity contribution in [2.45, 2.75) is 186 Å². The lowest BCUT2D eigenvalue weighted by Crippen LogP contribution is -2.61. The monoisotopic (exact) mass is 887 g/mol. The molecule has 0 amide bonds. The molecule has 1 aliphatic carbocycles. The van der Waals surface area contributed by atoms with Gasteiger partial charge in [0.05, 0.1) is 53.0 Å². The molecular weight excluding hydrogens is 811 g/mol. The van der Waals surface area contributed by atoms with Gasteiger partial charge in [0.25, 0.3) is 0 Å². The van der Waals surface area contributed by atoms with Crippen molar-refractivity contribution in [3.05, 3.63) is 35.4 Å². The summed E-state index contributed by atoms with van der Waals surface area (Å²) in [6, 6.07) is 3.09. The molecule has 2 aliphatic heterocycles. The normalized spacial score (nSPS) is 43.7. The zero-order chi connectivity index (χ0) is 46.6. The lowest BCUT2D eigenvalue weighted by Gasteiger charge is -2.50. The number of halogens is 2. The van der Waals surface area contributed by atoms with Crippen molar-refractivity contribution >= 4 is 11.5 Å². The van der Waals surface area contributed by atoms with Gasteiger partial charge in [0.1, 0.15) is 24.6 Å². The predicted molar refractivity (Wildman–Crippen MR) is 228 cm³/mol. The fourth-order valence-electron chi connectivity index (χ4n) is 10.0. The zero-order valence-electron chi connectivity index (χ0n) is 39.3. The van der Waals surface area contributed by atoms with Crippen LogP contribution in [-0.2, 0) is 44.7 Å². The number of aliphatic hydroxyl groups is 4. The fourth-order valence-corrected chi connectivity index (χ4v) is 10.0. The number of aliphatic hydroxyl groups excluding tert-OH is 3. The number of carbonyl (C=O) groups is 1. The highest BCUT2D eigenvalue weighted by Crippen LogP contribution is 2.43. The van der Waals surface area contributed by atoms with Crippen LogP contribution in [0, 0.1) is 41.2 Å². The van der Waals surface area contributed by atoms with E-state index in [1.54, 1.807) is 27.7 Å². The van der Waals surface area contributed by atoms with E-state index in [9.17, 15) is 34.0 Å². The Balaban J connectivity index is 1.90. The first-order chi connectivity index (χ1) is 28.8. The van der Waals surface area contributed by atoms with Crippen molar-refractivity contribution in [1.29, 1.82) is 0 Å². The average molecular weight is 887 g/mol. The number of ether oxygens (including phenoxy) is 6. The summed E-state index contributed by atoms with van der Waals surface area (Å²) in [5.74, 6) is -5.90. The molecule has 62 heavy (non-hydrogen) atoms. The van der Waals surface area contributed by atoms with Gasteiger partial charge in [0.15, 0.2) is 24.2 Å². The fraction of sp³-hybridized carbons (Fsp3) is 0.826. The standard InChI is InChI=1S/C46H76F2N2O12/c1-15-31-20-35(51)26(4)39(61-36-22-44(8,56-13)41(54)29(7)60-36)28(6)42(62-43-38(52)34(50(11)12)18-25(3)59-43)45(9,57-14)21-24(2)37(27(5)40(53)46(31,10)55)49-58-23-30-16-17-32(47)33(48)19-30/h16-17,19,24-29,31,34,36,38-43,52-55H,15,18,20-23H2,1-14H3/b49-37+/t24-,25-,26+,27+,28+,29+,31+,34+,36+,38-,39-,40-,41+,42-,43+,44-,45-,46-/m1/s1. The molecule has 0 aromatic heterocycles. The molecule has 16 heteroatoms. The molecule has 0 unspecified atom stereocenters. The van der Waals surface area contributed by atoms with E-state index < -0.39 is 107 Å². The molecule has 0 spiro atoms. The van der Waals surface area contributed by atoms with Gasteiger partial charge >= 0.3 is 0 Å². The number of likely N-dealkylation sites (N-methyl/N-ethyl adjacent to an activating group) is 1. The molecule has 2 saturated heterocycles. The number of hydrogen-bond acceptors (Lipinski definition) is 14. The van der Waals surface area contributed by atoms with E-state index in [1.807, 2.05) is 53.6 Å². The SMILES string of the molecule is CC[C@H]1CC(=O)[C@H](C)[C@@H](O[C@H]2C[C@@](C)(OC)[C@@H](O)[C@H](C)O2)[C@H](C)[C@@H](O[C@@H]2O[C@H](C)C[C@H](N(C)C)[C@H]2O)[C@](C)(OC)C[C@@H](C)/C(=N\OCc2ccc(F)c(F)c2)[C@H](C)[C@@H](O)[C@]1(C)O. The van der Waals surface area contributed by atoms with Crippen LogP contribution in [0.5, 0.6) is 0 Å². The highest BCUT2D eigenvalue weighted by Gasteiger charge is 2.53. The van der Waals surface area contributed by atoms with E-state index in [-0.39, 0.29) is 43.8 Å². The lowest BCUT2D eigenvalue weighted by molar-refractivity contribution is -0.318. The largest absolute Gasteiger partial charge is 0.391 e. The van der Waals surface area contributed by atoms with Crippen LogP contribution < -0.4 is 0 Å². The van der Waals surface area contributed by atoms with E-state index in [4.69, 9.17) is 33.3 Å². The Morgan fingerprint density at radius 1 is 0.887 bits per heavy atom. The molecule has 2 heterocycles. The summed E-state index contributed by atoms with van der Waals surface area (Å²) >= 11 is 0. The van der Waals surface area contributed by atoms with Crippen LogP contribution >= 0.6 is 0 Å². The Hall–Kier alpha value is -2.22. The Morgan fingerprint density at radius 2 is 1.53 bits per heavy atom. The number of oxime groups is 1. The molecule has 0 radical (unpaired) electrons. The number of rotatable bonds is 11. The number of nitrogens with zero attached hydrogens (tertiary/aromatic N) is 2. The minimum Gasteiger partial charge on any atom is -0.391 e. The van der Waals surface area contributed by atoms with Gasteiger partial charge in [0.2, 0.25) is 0 Å². The van der Waals surface area contributed by atoms with Gasteiger partial charge in [-0.1, -0.05) is 52.3 Å². The summed E-state index contributed by atoms with van der Waals surface area (Å²) in [4.78, 5) is 22.4. The molecule has 4 N–H and O–H groups in total. The van der Waals surface area contributed by atoms with E-state index in [2.05, 4.69) is 5.16 Å². The first-order valence-electron chi connectivity index (χ1n) is 22.2. The number of Topliss-reactive ketones (excluding diaryl/α,β-unsaturated/α-hetero) is 1. The minimum atomic E-state index is -1.79. The smallest absolute Gasteiger partial charge is 0.185 e. The summed E-state index contributed by atoms with van der Waals surface area (Å²) in [6.07, 6.45) is -7.32. The van der Waals surface area contributed by atoms with Gasteiger partial charge in [-0.15, -0.1) is 0 Å². The second-order valence-electron chi connectivity index (χ2n) is 19.2. The summed E-state index contributed by atoms with van der Waals surface area (Å²) in [6.45, 7) is 17.7. The lowest BCUT2D eigenvalue weighted by atomic mass is 9.69. The van der Waals surface area contributed by atoms with Gasteiger partial charge in [-0.3, -0.25) is 4.79 Å². The third-order valence-corrected chi connectivity index (χ3v) is 14.3. The molecule has 3 fully saturated rings. The van der Waals surface area contributed by atoms with Crippen molar-refractivity contribution in [1.82, 2.24) is 4.90 Å². The summed E-state index contributed by atoms with van der Waals surface area (Å²) in [7, 11) is 6.81. The van der Waals surface area contributed by atoms with E-state index in [1.165, 1.54) is 27.2 Å². The van der Waals surface area contributed by atoms with Crippen LogP contribution in [0.2, 0.25) is 0 Å². The Bertz CT molecular complexity index is 1650. The Kier molecular flexibility index (Phi) is 18.1. The van der Waals surface area contributed by atoms with Crippen LogP contribution in [0.25, 0.3) is 0 Å². The molecule has 356 valence electrons. The molecular formula is C46H76F2N2O12. The van der Waals surface area contributed by atoms with Gasteiger partial charge in [0, 0.05) is 56.8 Å². The van der Waals surface area contributed by atoms with Crippen molar-refractivity contribution in [2.75, 3.05) is 28.3 Å². The number of hydrogen-bond donors (Lipinski definition) is 4. The number of ketones is 1. The first kappa shape index (κ1) is 52.4. The van der Waals surface area contributed by atoms with Gasteiger partial charge in [-0.2, -0.15) is 0 Å². The molecule has 3 aliphatic rings. The number of carbonyl (C=O) groups excluding carboxylic acids is 1. The predicted octanol–water partition coefficient (Wildman–Crippen LogP) is 5.39. The third kappa shape index (κ3) is 11.6. The van der Waals surface area contributed by atoms with Gasteiger partial charge < -0.3 is 58.6 Å². The summed E-state index contributed by atoms with van der Waals surface area (Å²) in [5, 5.41) is 51.6. The van der Waals surface area contributed by atoms with Crippen LogP contribution in [-0.4, -0.2) is 143 Å². The zero-order valence-corrected chi connectivity index (χ0v) is 39.3. The minimum absolute atomic E-state index is 0.119. The highest BCUT2D eigenvalue weighted by molar-refractivity contribution is 5.89. The number of benzene rings is 1. The average Bonchev–Trinajstić information content (AvgIpc) is 3.21. The molecule has 1 aromatic rings. The van der Waals surface area contributed by atoms with Gasteiger partial charge in [-0.05, 0) is 85.2 Å². The van der Waals surface area contributed by atoms with E-state index in [0.29, 0.717) is 24.1 Å². The maximum Gasteiger partial charge on any atom is 0.185 e. The third-order valence-electron chi connectivity index (χ3n) is 14.3. The van der Waals surface area contributed by atoms with Crippen molar-refractivity contribution in [3.8, 4) is 0 Å². The van der Waals surface area contributed by atoms with Crippen LogP contribution in [0.4, 0.5) is 8.78 Å². The van der Waals surface area contributed by atoms with Crippen LogP contribution in [0.3, 0.4) is 0 Å². The number of methoxy groups -OCH3 is 2. The van der Waals surface area contributed by atoms with Gasteiger partial charge in [-0.25, -0.2) is 8.78 Å². The first-order valence-corrected chi connectivity index (χ1v) is 22.2. The van der Waals surface area contributed by atoms with Crippen molar-refractivity contribution in [3.63, 3.8) is 0 Å². The second-order valence-corrected chi connectivity index (χ2v) is 19.2. The van der Waals surface area contributed by atoms with Crippen LogP contribution in [0.1, 0.15) is 107 Å². The molecule has 18 atom stereocenters. The molecule has 0 bridgehead atoms.